The number of nitrogens with zero attached hydrogens (tertiary/aromatic N) is 3. The van der Waals surface area contributed by atoms with E-state index in [0.29, 0.717) is 0 Å². The molecule has 0 aliphatic carbocycles. The Labute approximate surface area is 108 Å². The zero-order valence-electron chi connectivity index (χ0n) is 11.4. The van der Waals surface area contributed by atoms with Crippen LogP contribution < -0.4 is 10.2 Å². The summed E-state index contributed by atoms with van der Waals surface area (Å²) in [5.74, 6) is 0. The Morgan fingerprint density at radius 1 is 1.33 bits per heavy atom. The van der Waals surface area contributed by atoms with E-state index in [4.69, 9.17) is 0 Å². The van der Waals surface area contributed by atoms with Crippen molar-refractivity contribution < 1.29 is 0 Å². The van der Waals surface area contributed by atoms with Crippen molar-refractivity contribution in [3.05, 3.63) is 41.7 Å². The number of hydrogen-bond donors (Lipinski definition) is 1. The Bertz CT molecular complexity index is 528. The molecule has 0 spiro atoms. The van der Waals surface area contributed by atoms with Gasteiger partial charge in [-0.05, 0) is 25.1 Å². The van der Waals surface area contributed by atoms with Gasteiger partial charge in [0.05, 0.1) is 5.69 Å². The number of benzene rings is 1. The van der Waals surface area contributed by atoms with Crippen LogP contribution in [0.4, 0.5) is 11.4 Å². The summed E-state index contributed by atoms with van der Waals surface area (Å²) >= 11 is 0. The van der Waals surface area contributed by atoms with Crippen LogP contribution >= 0.6 is 0 Å². The van der Waals surface area contributed by atoms with Crippen LogP contribution in [-0.2, 0) is 13.6 Å². The van der Waals surface area contributed by atoms with Gasteiger partial charge in [-0.3, -0.25) is 4.68 Å². The lowest BCUT2D eigenvalue weighted by atomic mass is 10.2. The molecule has 0 bridgehead atoms. The summed E-state index contributed by atoms with van der Waals surface area (Å²) < 4.78 is 1.85. The number of aryl methyl sites for hydroxylation is 2. The largest absolute Gasteiger partial charge is 0.381 e. The molecule has 1 heterocycles. The Kier molecular flexibility index (Phi) is 3.55. The maximum Gasteiger partial charge on any atom is 0.0643 e. The number of hydrogen-bond acceptors (Lipinski definition) is 3. The summed E-state index contributed by atoms with van der Waals surface area (Å²) in [6.07, 6.45) is 2.05. The van der Waals surface area contributed by atoms with Gasteiger partial charge in [0.15, 0.2) is 0 Å². The SMILES string of the molecule is Cc1nn(C)cc1CNc1cccc(N(C)C)c1. The van der Waals surface area contributed by atoms with Gasteiger partial charge in [-0.15, -0.1) is 0 Å². The van der Waals surface area contributed by atoms with Gasteiger partial charge in [-0.25, -0.2) is 0 Å². The number of rotatable bonds is 4. The molecule has 1 aromatic heterocycles. The summed E-state index contributed by atoms with van der Waals surface area (Å²) in [6.45, 7) is 2.84. The summed E-state index contributed by atoms with van der Waals surface area (Å²) in [5, 5.41) is 7.77. The van der Waals surface area contributed by atoms with Crippen molar-refractivity contribution >= 4 is 11.4 Å². The van der Waals surface area contributed by atoms with Crippen molar-refractivity contribution in [2.45, 2.75) is 13.5 Å². The summed E-state index contributed by atoms with van der Waals surface area (Å²) in [4.78, 5) is 2.10. The molecule has 0 saturated carbocycles. The van der Waals surface area contributed by atoms with E-state index in [1.165, 1.54) is 11.3 Å². The Morgan fingerprint density at radius 2 is 2.11 bits per heavy atom. The number of aromatic nitrogens is 2. The third-order valence-corrected chi connectivity index (χ3v) is 2.96. The Morgan fingerprint density at radius 3 is 2.72 bits per heavy atom. The first-order chi connectivity index (χ1) is 8.56. The zero-order valence-corrected chi connectivity index (χ0v) is 11.4. The monoisotopic (exact) mass is 244 g/mol. The fourth-order valence-electron chi connectivity index (χ4n) is 1.91. The fourth-order valence-corrected chi connectivity index (χ4v) is 1.91. The number of nitrogens with one attached hydrogen (secondary N) is 1. The van der Waals surface area contributed by atoms with Gasteiger partial charge < -0.3 is 10.2 Å². The predicted octanol–water partition coefficient (Wildman–Crippen LogP) is 2.41. The molecule has 0 aliphatic heterocycles. The molecule has 2 aromatic rings. The van der Waals surface area contributed by atoms with Crippen molar-refractivity contribution in [3.8, 4) is 0 Å². The van der Waals surface area contributed by atoms with E-state index in [1.807, 2.05) is 32.7 Å². The first-order valence-electron chi connectivity index (χ1n) is 6.06. The van der Waals surface area contributed by atoms with Crippen molar-refractivity contribution in [3.63, 3.8) is 0 Å². The molecule has 0 unspecified atom stereocenters. The van der Waals surface area contributed by atoms with Crippen LogP contribution in [-0.4, -0.2) is 23.9 Å². The average Bonchev–Trinajstić information content (AvgIpc) is 2.65. The lowest BCUT2D eigenvalue weighted by molar-refractivity contribution is 0.756. The van der Waals surface area contributed by atoms with E-state index in [1.54, 1.807) is 0 Å². The first-order valence-corrected chi connectivity index (χ1v) is 6.06. The minimum atomic E-state index is 0.802. The highest BCUT2D eigenvalue weighted by atomic mass is 15.2. The minimum Gasteiger partial charge on any atom is -0.381 e. The van der Waals surface area contributed by atoms with Crippen LogP contribution in [0.25, 0.3) is 0 Å². The van der Waals surface area contributed by atoms with Crippen molar-refractivity contribution in [2.24, 2.45) is 7.05 Å². The van der Waals surface area contributed by atoms with Crippen molar-refractivity contribution in [1.29, 1.82) is 0 Å². The maximum atomic E-state index is 4.34. The molecular formula is C14H20N4. The third kappa shape index (κ3) is 2.83. The molecule has 96 valence electrons. The summed E-state index contributed by atoms with van der Waals surface area (Å²) in [7, 11) is 6.04. The van der Waals surface area contributed by atoms with Gasteiger partial charge >= 0.3 is 0 Å². The molecule has 1 N–H and O–H groups in total. The van der Waals surface area contributed by atoms with Gasteiger partial charge in [0.25, 0.3) is 0 Å². The molecule has 0 radical (unpaired) electrons. The summed E-state index contributed by atoms with van der Waals surface area (Å²) in [5.41, 5.74) is 4.63. The number of anilines is 2. The van der Waals surface area contributed by atoms with Crippen molar-refractivity contribution in [2.75, 3.05) is 24.3 Å². The van der Waals surface area contributed by atoms with E-state index in [9.17, 15) is 0 Å². The molecule has 0 aliphatic rings. The molecule has 1 aromatic carbocycles. The smallest absolute Gasteiger partial charge is 0.0643 e. The quantitative estimate of drug-likeness (QED) is 0.896. The Hall–Kier alpha value is -1.97. The second-order valence-corrected chi connectivity index (χ2v) is 4.71. The highest BCUT2D eigenvalue weighted by Gasteiger charge is 2.03. The van der Waals surface area contributed by atoms with Gasteiger partial charge in [-0.1, -0.05) is 6.07 Å². The molecule has 0 atom stereocenters. The fraction of sp³-hybridized carbons (Fsp3) is 0.357. The lowest BCUT2D eigenvalue weighted by Gasteiger charge is -2.14. The minimum absolute atomic E-state index is 0.802. The normalized spacial score (nSPS) is 10.4. The van der Waals surface area contributed by atoms with E-state index in [0.717, 1.165) is 17.9 Å². The van der Waals surface area contributed by atoms with Gasteiger partial charge in [-0.2, -0.15) is 5.10 Å². The molecule has 2 rings (SSSR count). The van der Waals surface area contributed by atoms with Crippen LogP contribution in [0.5, 0.6) is 0 Å². The second kappa shape index (κ2) is 5.12. The van der Waals surface area contributed by atoms with Gasteiger partial charge in [0.1, 0.15) is 0 Å². The highest BCUT2D eigenvalue weighted by Crippen LogP contribution is 2.18. The zero-order chi connectivity index (χ0) is 13.1. The van der Waals surface area contributed by atoms with E-state index in [2.05, 4.69) is 45.8 Å². The van der Waals surface area contributed by atoms with Crippen LogP contribution in [0.2, 0.25) is 0 Å². The van der Waals surface area contributed by atoms with Crippen LogP contribution in [0, 0.1) is 6.92 Å². The maximum absolute atomic E-state index is 4.34. The highest BCUT2D eigenvalue weighted by molar-refractivity contribution is 5.57. The summed E-state index contributed by atoms with van der Waals surface area (Å²) in [6, 6.07) is 8.39. The second-order valence-electron chi connectivity index (χ2n) is 4.71. The molecule has 0 fully saturated rings. The molecule has 0 saturated heterocycles. The molecule has 18 heavy (non-hydrogen) atoms. The molecule has 4 heteroatoms. The molecule has 0 amide bonds. The van der Waals surface area contributed by atoms with Gasteiger partial charge in [0, 0.05) is 50.8 Å². The van der Waals surface area contributed by atoms with Crippen molar-refractivity contribution in [1.82, 2.24) is 9.78 Å². The van der Waals surface area contributed by atoms with Crippen LogP contribution in [0.3, 0.4) is 0 Å². The third-order valence-electron chi connectivity index (χ3n) is 2.96. The predicted molar refractivity (Wildman–Crippen MR) is 76.0 cm³/mol. The first kappa shape index (κ1) is 12.5. The molecular weight excluding hydrogens is 224 g/mol. The lowest BCUT2D eigenvalue weighted by Crippen LogP contribution is -2.09. The van der Waals surface area contributed by atoms with Crippen LogP contribution in [0.1, 0.15) is 11.3 Å². The van der Waals surface area contributed by atoms with Gasteiger partial charge in [0.2, 0.25) is 0 Å². The topological polar surface area (TPSA) is 33.1 Å². The van der Waals surface area contributed by atoms with Crippen LogP contribution in [0.15, 0.2) is 30.5 Å². The van der Waals surface area contributed by atoms with E-state index < -0.39 is 0 Å². The van der Waals surface area contributed by atoms with E-state index >= 15 is 0 Å². The standard InChI is InChI=1S/C14H20N4/c1-11-12(10-18(4)16-11)9-15-13-6-5-7-14(8-13)17(2)3/h5-8,10,15H,9H2,1-4H3. The molecule has 4 nitrogen and oxygen atoms in total. The van der Waals surface area contributed by atoms with E-state index in [-0.39, 0.29) is 0 Å². The Balaban J connectivity index is 2.06. The average molecular weight is 244 g/mol.